The number of methoxy groups -OCH3 is 1. The number of hydrogen-bond donors (Lipinski definition) is 1. The molecule has 0 amide bonds. The molecule has 0 saturated heterocycles. The van der Waals surface area contributed by atoms with Crippen LogP contribution in [0.25, 0.3) is 0 Å². The molecule has 0 bridgehead atoms. The van der Waals surface area contributed by atoms with Gasteiger partial charge in [-0.05, 0) is 35.8 Å². The van der Waals surface area contributed by atoms with Crippen molar-refractivity contribution < 1.29 is 9.84 Å². The van der Waals surface area contributed by atoms with Crippen LogP contribution in [-0.4, -0.2) is 18.8 Å². The van der Waals surface area contributed by atoms with E-state index in [4.69, 9.17) is 4.74 Å². The molecule has 0 heterocycles. The van der Waals surface area contributed by atoms with Crippen LogP contribution in [0.3, 0.4) is 0 Å². The second kappa shape index (κ2) is 4.98. The maximum absolute atomic E-state index is 10.4. The Hall–Kier alpha value is -0.860. The number of hydrogen-bond acceptors (Lipinski definition) is 2. The predicted octanol–water partition coefficient (Wildman–Crippen LogP) is 2.56. The average Bonchev–Trinajstić information content (AvgIpc) is 2.30. The molecule has 2 rings (SSSR count). The third-order valence-electron chi connectivity index (χ3n) is 3.69. The van der Waals surface area contributed by atoms with E-state index >= 15 is 0 Å². The number of fused-ring (bicyclic) bond motifs is 1. The molecular weight excluding hydrogens is 200 g/mol. The topological polar surface area (TPSA) is 29.5 Å². The van der Waals surface area contributed by atoms with Crippen LogP contribution in [0.5, 0.6) is 0 Å². The normalized spacial score (nSPS) is 26.2. The first-order chi connectivity index (χ1) is 7.74. The smallest absolute Gasteiger partial charge is 0.0824 e. The second-order valence-corrected chi connectivity index (χ2v) is 4.78. The summed E-state index contributed by atoms with van der Waals surface area (Å²) in [6.45, 7) is 2.88. The van der Waals surface area contributed by atoms with Gasteiger partial charge in [0.15, 0.2) is 0 Å². The summed E-state index contributed by atoms with van der Waals surface area (Å²) in [7, 11) is 1.72. The molecule has 3 unspecified atom stereocenters. The fourth-order valence-electron chi connectivity index (χ4n) is 2.74. The maximum atomic E-state index is 10.4. The zero-order valence-corrected chi connectivity index (χ0v) is 10.0. The number of ether oxygens (including phenoxy) is 1. The Bertz CT molecular complexity index is 348. The average molecular weight is 220 g/mol. The molecule has 1 aromatic carbocycles. The molecular formula is C14H20O2. The first-order valence-electron chi connectivity index (χ1n) is 5.99. The van der Waals surface area contributed by atoms with Crippen molar-refractivity contribution in [2.45, 2.75) is 25.9 Å². The highest BCUT2D eigenvalue weighted by Crippen LogP contribution is 2.38. The lowest BCUT2D eigenvalue weighted by molar-refractivity contribution is 0.0306. The predicted molar refractivity (Wildman–Crippen MR) is 64.3 cm³/mol. The van der Waals surface area contributed by atoms with E-state index in [1.807, 2.05) is 18.2 Å². The van der Waals surface area contributed by atoms with Crippen LogP contribution in [0.4, 0.5) is 0 Å². The van der Waals surface area contributed by atoms with Gasteiger partial charge in [-0.2, -0.15) is 0 Å². The lowest BCUT2D eigenvalue weighted by atomic mass is 9.76. The standard InChI is InChI=1S/C14H20O2/c1-10(9-16-2)12-8-7-11-5-3-4-6-13(11)14(12)15/h3-6,10,12,14-15H,7-9H2,1-2H3. The van der Waals surface area contributed by atoms with Crippen LogP contribution in [0, 0.1) is 11.8 Å². The Labute approximate surface area is 97.3 Å². The van der Waals surface area contributed by atoms with Gasteiger partial charge in [0.1, 0.15) is 0 Å². The van der Waals surface area contributed by atoms with Crippen LogP contribution >= 0.6 is 0 Å². The number of aryl methyl sites for hydroxylation is 1. The van der Waals surface area contributed by atoms with Crippen molar-refractivity contribution in [1.82, 2.24) is 0 Å². The largest absolute Gasteiger partial charge is 0.388 e. The van der Waals surface area contributed by atoms with Crippen molar-refractivity contribution in [3.05, 3.63) is 35.4 Å². The third-order valence-corrected chi connectivity index (χ3v) is 3.69. The highest BCUT2D eigenvalue weighted by molar-refractivity contribution is 5.31. The lowest BCUT2D eigenvalue weighted by Crippen LogP contribution is -2.28. The summed E-state index contributed by atoms with van der Waals surface area (Å²) < 4.78 is 5.18. The van der Waals surface area contributed by atoms with Gasteiger partial charge in [0.25, 0.3) is 0 Å². The summed E-state index contributed by atoms with van der Waals surface area (Å²) in [6.07, 6.45) is 1.81. The van der Waals surface area contributed by atoms with Crippen LogP contribution in [-0.2, 0) is 11.2 Å². The van der Waals surface area contributed by atoms with E-state index in [-0.39, 0.29) is 6.10 Å². The fraction of sp³-hybridized carbons (Fsp3) is 0.571. The van der Waals surface area contributed by atoms with Gasteiger partial charge in [-0.15, -0.1) is 0 Å². The summed E-state index contributed by atoms with van der Waals surface area (Å²) in [4.78, 5) is 0. The van der Waals surface area contributed by atoms with E-state index in [0.29, 0.717) is 11.8 Å². The van der Waals surface area contributed by atoms with Gasteiger partial charge in [0.2, 0.25) is 0 Å². The molecule has 3 atom stereocenters. The molecule has 1 aliphatic carbocycles. The highest BCUT2D eigenvalue weighted by Gasteiger charge is 2.31. The maximum Gasteiger partial charge on any atom is 0.0824 e. The van der Waals surface area contributed by atoms with Crippen molar-refractivity contribution in [3.8, 4) is 0 Å². The Morgan fingerprint density at radius 2 is 2.19 bits per heavy atom. The van der Waals surface area contributed by atoms with Crippen molar-refractivity contribution >= 4 is 0 Å². The molecule has 0 fully saturated rings. The van der Waals surface area contributed by atoms with Crippen LogP contribution < -0.4 is 0 Å². The molecule has 1 N–H and O–H groups in total. The molecule has 1 aliphatic rings. The third kappa shape index (κ3) is 2.13. The zero-order valence-electron chi connectivity index (χ0n) is 10.0. The van der Waals surface area contributed by atoms with Gasteiger partial charge >= 0.3 is 0 Å². The Morgan fingerprint density at radius 1 is 1.44 bits per heavy atom. The van der Waals surface area contributed by atoms with E-state index in [9.17, 15) is 5.11 Å². The molecule has 0 radical (unpaired) electrons. The first kappa shape index (κ1) is 11.6. The Balaban J connectivity index is 2.17. The summed E-state index contributed by atoms with van der Waals surface area (Å²) in [5.74, 6) is 0.739. The molecule has 2 nitrogen and oxygen atoms in total. The number of benzene rings is 1. The number of rotatable bonds is 3. The summed E-state index contributed by atoms with van der Waals surface area (Å²) in [5, 5.41) is 10.4. The molecule has 2 heteroatoms. The van der Waals surface area contributed by atoms with Crippen molar-refractivity contribution in [1.29, 1.82) is 0 Å². The summed E-state index contributed by atoms with van der Waals surface area (Å²) in [5.41, 5.74) is 2.41. The van der Waals surface area contributed by atoms with Gasteiger partial charge in [-0.1, -0.05) is 31.2 Å². The van der Waals surface area contributed by atoms with Crippen LogP contribution in [0.1, 0.15) is 30.6 Å². The van der Waals surface area contributed by atoms with E-state index in [1.54, 1.807) is 7.11 Å². The van der Waals surface area contributed by atoms with Gasteiger partial charge in [0, 0.05) is 13.7 Å². The van der Waals surface area contributed by atoms with Gasteiger partial charge in [0.05, 0.1) is 6.10 Å². The summed E-state index contributed by atoms with van der Waals surface area (Å²) >= 11 is 0. The van der Waals surface area contributed by atoms with E-state index in [1.165, 1.54) is 5.56 Å². The Morgan fingerprint density at radius 3 is 2.94 bits per heavy atom. The minimum absolute atomic E-state index is 0.324. The summed E-state index contributed by atoms with van der Waals surface area (Å²) in [6, 6.07) is 8.22. The molecule has 0 aromatic heterocycles. The highest BCUT2D eigenvalue weighted by atomic mass is 16.5. The quantitative estimate of drug-likeness (QED) is 0.848. The van der Waals surface area contributed by atoms with Gasteiger partial charge in [-0.3, -0.25) is 0 Å². The SMILES string of the molecule is COCC(C)C1CCc2ccccc2C1O. The van der Waals surface area contributed by atoms with Crippen LogP contribution in [0.15, 0.2) is 24.3 Å². The first-order valence-corrected chi connectivity index (χ1v) is 5.99. The molecule has 88 valence electrons. The van der Waals surface area contributed by atoms with Crippen molar-refractivity contribution in [2.75, 3.05) is 13.7 Å². The molecule has 0 saturated carbocycles. The molecule has 0 spiro atoms. The van der Waals surface area contributed by atoms with E-state index in [0.717, 1.165) is 25.0 Å². The zero-order chi connectivity index (χ0) is 11.5. The van der Waals surface area contributed by atoms with E-state index in [2.05, 4.69) is 13.0 Å². The monoisotopic (exact) mass is 220 g/mol. The van der Waals surface area contributed by atoms with Gasteiger partial charge < -0.3 is 9.84 Å². The fourth-order valence-corrected chi connectivity index (χ4v) is 2.74. The number of aliphatic hydroxyl groups excluding tert-OH is 1. The minimum Gasteiger partial charge on any atom is -0.388 e. The second-order valence-electron chi connectivity index (χ2n) is 4.78. The van der Waals surface area contributed by atoms with Gasteiger partial charge in [-0.25, -0.2) is 0 Å². The van der Waals surface area contributed by atoms with E-state index < -0.39 is 0 Å². The number of aliphatic hydroxyl groups is 1. The Kier molecular flexibility index (Phi) is 3.62. The van der Waals surface area contributed by atoms with Crippen molar-refractivity contribution in [2.24, 2.45) is 11.8 Å². The lowest BCUT2D eigenvalue weighted by Gasteiger charge is -2.33. The molecule has 0 aliphatic heterocycles. The molecule has 16 heavy (non-hydrogen) atoms. The van der Waals surface area contributed by atoms with Crippen LogP contribution in [0.2, 0.25) is 0 Å². The van der Waals surface area contributed by atoms with Crippen molar-refractivity contribution in [3.63, 3.8) is 0 Å². The minimum atomic E-state index is -0.324. The molecule has 1 aromatic rings.